The average Bonchev–Trinajstić information content (AvgIpc) is 3.22. The van der Waals surface area contributed by atoms with Crippen LogP contribution in [0.1, 0.15) is 18.1 Å². The van der Waals surface area contributed by atoms with Gasteiger partial charge in [0.15, 0.2) is 5.82 Å². The number of rotatable bonds is 5. The third kappa shape index (κ3) is 3.29. The Morgan fingerprint density at radius 3 is 2.79 bits per heavy atom. The summed E-state index contributed by atoms with van der Waals surface area (Å²) >= 11 is 0. The number of anilines is 1. The first kappa shape index (κ1) is 17.7. The minimum Gasteiger partial charge on any atom is -0.347 e. The van der Waals surface area contributed by atoms with Crippen molar-refractivity contribution in [1.29, 1.82) is 0 Å². The fraction of sp³-hybridized carbons (Fsp3) is 0.211. The Hall–Kier alpha value is -3.75. The Balaban J connectivity index is 1.47. The zero-order valence-corrected chi connectivity index (χ0v) is 15.0. The highest BCUT2D eigenvalue weighted by Crippen LogP contribution is 2.29. The van der Waals surface area contributed by atoms with Gasteiger partial charge < -0.3 is 15.2 Å². The van der Waals surface area contributed by atoms with Crippen molar-refractivity contribution < 1.29 is 18.9 Å². The van der Waals surface area contributed by atoms with Crippen LogP contribution < -0.4 is 15.5 Å². The number of imide groups is 1. The van der Waals surface area contributed by atoms with E-state index < -0.39 is 23.9 Å². The van der Waals surface area contributed by atoms with Crippen LogP contribution in [0.3, 0.4) is 0 Å². The second-order valence-electron chi connectivity index (χ2n) is 6.39. The summed E-state index contributed by atoms with van der Waals surface area (Å²) in [6.07, 6.45) is -0.182. The number of hydrogen-bond donors (Lipinski definition) is 2. The van der Waals surface area contributed by atoms with Gasteiger partial charge >= 0.3 is 6.03 Å². The van der Waals surface area contributed by atoms with Crippen LogP contribution >= 0.6 is 0 Å². The van der Waals surface area contributed by atoms with Gasteiger partial charge in [0.1, 0.15) is 6.04 Å². The Bertz CT molecular complexity index is 1070. The molecule has 9 heteroatoms. The monoisotopic (exact) mass is 379 g/mol. The number of nitrogens with zero attached hydrogens (tertiary/aromatic N) is 3. The maximum absolute atomic E-state index is 12.8. The number of amides is 4. The standard InChI is InChI=1S/C19H17N5O4/c1-11-21-17(28-23-11)10-20-16(25)9-14-18(26)24(19(27)22-14)15-8-4-6-12-5-2-3-7-13(12)15/h2-8,14H,9-10H2,1H3,(H,20,25)(H,22,27)/t14-/m0/s1. The van der Waals surface area contributed by atoms with Gasteiger partial charge in [-0.25, -0.2) is 9.69 Å². The van der Waals surface area contributed by atoms with E-state index in [1.54, 1.807) is 19.1 Å². The molecule has 0 radical (unpaired) electrons. The van der Waals surface area contributed by atoms with Gasteiger partial charge in [-0.05, 0) is 18.4 Å². The molecule has 1 aliphatic rings. The third-order valence-corrected chi connectivity index (χ3v) is 4.42. The molecule has 28 heavy (non-hydrogen) atoms. The minimum absolute atomic E-state index is 0.0571. The first-order chi connectivity index (χ1) is 13.5. The van der Waals surface area contributed by atoms with Gasteiger partial charge in [-0.2, -0.15) is 4.98 Å². The summed E-state index contributed by atoms with van der Waals surface area (Å²) in [4.78, 5) is 42.5. The molecule has 0 saturated carbocycles. The molecule has 9 nitrogen and oxygen atoms in total. The molecule has 2 heterocycles. The normalized spacial score (nSPS) is 16.5. The molecule has 0 aliphatic carbocycles. The van der Waals surface area contributed by atoms with Crippen LogP contribution in [0.2, 0.25) is 0 Å². The van der Waals surface area contributed by atoms with Gasteiger partial charge in [0, 0.05) is 5.39 Å². The van der Waals surface area contributed by atoms with Crippen molar-refractivity contribution in [3.05, 3.63) is 54.2 Å². The number of urea groups is 1. The molecule has 1 aromatic heterocycles. The van der Waals surface area contributed by atoms with Crippen LogP contribution in [0.5, 0.6) is 0 Å². The summed E-state index contributed by atoms with van der Waals surface area (Å²) in [5, 5.41) is 10.5. The second-order valence-corrected chi connectivity index (χ2v) is 6.39. The lowest BCUT2D eigenvalue weighted by Gasteiger charge is -2.15. The van der Waals surface area contributed by atoms with E-state index in [9.17, 15) is 14.4 Å². The van der Waals surface area contributed by atoms with Crippen LogP contribution in [0, 0.1) is 6.92 Å². The van der Waals surface area contributed by atoms with E-state index >= 15 is 0 Å². The van der Waals surface area contributed by atoms with E-state index in [1.165, 1.54) is 0 Å². The Morgan fingerprint density at radius 2 is 2.00 bits per heavy atom. The zero-order chi connectivity index (χ0) is 19.7. The van der Waals surface area contributed by atoms with E-state index in [1.807, 2.05) is 30.3 Å². The summed E-state index contributed by atoms with van der Waals surface area (Å²) in [5.74, 6) is -0.141. The maximum Gasteiger partial charge on any atom is 0.329 e. The number of nitrogens with one attached hydrogen (secondary N) is 2. The largest absolute Gasteiger partial charge is 0.347 e. The van der Waals surface area contributed by atoms with Gasteiger partial charge in [-0.3, -0.25) is 9.59 Å². The first-order valence-electron chi connectivity index (χ1n) is 8.71. The van der Waals surface area contributed by atoms with Crippen molar-refractivity contribution in [3.8, 4) is 0 Å². The van der Waals surface area contributed by atoms with Crippen molar-refractivity contribution in [1.82, 2.24) is 20.8 Å². The van der Waals surface area contributed by atoms with Gasteiger partial charge in [0.25, 0.3) is 5.91 Å². The van der Waals surface area contributed by atoms with Crippen molar-refractivity contribution in [2.24, 2.45) is 0 Å². The van der Waals surface area contributed by atoms with Crippen molar-refractivity contribution >= 4 is 34.3 Å². The van der Waals surface area contributed by atoms with Crippen LogP contribution in [0.15, 0.2) is 47.0 Å². The molecule has 0 bridgehead atoms. The number of hydrogen-bond acceptors (Lipinski definition) is 6. The number of aryl methyl sites for hydroxylation is 1. The fourth-order valence-electron chi connectivity index (χ4n) is 3.14. The fourth-order valence-corrected chi connectivity index (χ4v) is 3.14. The molecule has 0 unspecified atom stereocenters. The minimum atomic E-state index is -0.934. The molecular weight excluding hydrogens is 362 g/mol. The zero-order valence-electron chi connectivity index (χ0n) is 15.0. The molecule has 0 spiro atoms. The van der Waals surface area contributed by atoms with Crippen LogP contribution in [-0.2, 0) is 16.1 Å². The summed E-state index contributed by atoms with van der Waals surface area (Å²) in [6.45, 7) is 1.73. The molecule has 142 valence electrons. The molecule has 4 rings (SSSR count). The summed E-state index contributed by atoms with van der Waals surface area (Å²) in [7, 11) is 0. The van der Waals surface area contributed by atoms with Gasteiger partial charge in [0.05, 0.1) is 18.7 Å². The number of benzene rings is 2. The number of carbonyl (C=O) groups excluding carboxylic acids is 3. The van der Waals surface area contributed by atoms with Crippen molar-refractivity contribution in [3.63, 3.8) is 0 Å². The van der Waals surface area contributed by atoms with Crippen molar-refractivity contribution in [2.45, 2.75) is 25.9 Å². The maximum atomic E-state index is 12.8. The number of aromatic nitrogens is 2. The summed E-state index contributed by atoms with van der Waals surface area (Å²) in [6, 6.07) is 11.4. The van der Waals surface area contributed by atoms with Crippen molar-refractivity contribution in [2.75, 3.05) is 4.90 Å². The van der Waals surface area contributed by atoms with E-state index in [0.29, 0.717) is 11.5 Å². The molecule has 1 aliphatic heterocycles. The second kappa shape index (κ2) is 7.10. The highest BCUT2D eigenvalue weighted by atomic mass is 16.5. The Labute approximate surface area is 159 Å². The first-order valence-corrected chi connectivity index (χ1v) is 8.71. The number of carbonyl (C=O) groups is 3. The molecule has 1 saturated heterocycles. The van der Waals surface area contributed by atoms with E-state index in [-0.39, 0.29) is 18.9 Å². The van der Waals surface area contributed by atoms with E-state index in [0.717, 1.165) is 15.7 Å². The molecule has 4 amide bonds. The lowest BCUT2D eigenvalue weighted by atomic mass is 10.1. The highest BCUT2D eigenvalue weighted by molar-refractivity contribution is 6.24. The van der Waals surface area contributed by atoms with Gasteiger partial charge in [-0.15, -0.1) is 0 Å². The third-order valence-electron chi connectivity index (χ3n) is 4.42. The van der Waals surface area contributed by atoms with Gasteiger partial charge in [0.2, 0.25) is 11.8 Å². The quantitative estimate of drug-likeness (QED) is 0.651. The van der Waals surface area contributed by atoms with E-state index in [4.69, 9.17) is 4.52 Å². The molecule has 1 atom stereocenters. The topological polar surface area (TPSA) is 117 Å². The van der Waals surface area contributed by atoms with E-state index in [2.05, 4.69) is 20.8 Å². The molecule has 1 fully saturated rings. The average molecular weight is 379 g/mol. The van der Waals surface area contributed by atoms with Crippen LogP contribution in [0.25, 0.3) is 10.8 Å². The molecular formula is C19H17N5O4. The SMILES string of the molecule is Cc1noc(CNC(=O)C[C@@H]2NC(=O)N(c3cccc4ccccc34)C2=O)n1. The predicted molar refractivity (Wildman–Crippen MR) is 99.3 cm³/mol. The highest BCUT2D eigenvalue weighted by Gasteiger charge is 2.40. The summed E-state index contributed by atoms with van der Waals surface area (Å²) < 4.78 is 4.92. The lowest BCUT2D eigenvalue weighted by molar-refractivity contribution is -0.125. The van der Waals surface area contributed by atoms with Crippen LogP contribution in [0.4, 0.5) is 10.5 Å². The van der Waals surface area contributed by atoms with Gasteiger partial charge in [-0.1, -0.05) is 41.6 Å². The Morgan fingerprint density at radius 1 is 1.21 bits per heavy atom. The number of fused-ring (bicyclic) bond motifs is 1. The molecule has 2 aromatic carbocycles. The molecule has 3 aromatic rings. The lowest BCUT2D eigenvalue weighted by Crippen LogP contribution is -2.36. The van der Waals surface area contributed by atoms with Crippen LogP contribution in [-0.4, -0.2) is 34.0 Å². The smallest absolute Gasteiger partial charge is 0.329 e. The Kier molecular flexibility index (Phi) is 4.48. The summed E-state index contributed by atoms with van der Waals surface area (Å²) in [5.41, 5.74) is 0.491. The predicted octanol–water partition coefficient (Wildman–Crippen LogP) is 1.66. The molecule has 2 N–H and O–H groups in total.